The van der Waals surface area contributed by atoms with Crippen LogP contribution in [0.2, 0.25) is 0 Å². The molecular weight excluding hydrogens is 359 g/mol. The summed E-state index contributed by atoms with van der Waals surface area (Å²) in [5.41, 5.74) is -2.56. The Hall–Kier alpha value is -3.37. The second kappa shape index (κ2) is 7.25. The highest BCUT2D eigenvalue weighted by Gasteiger charge is 2.31. The number of ether oxygens (including phenoxy) is 1. The summed E-state index contributed by atoms with van der Waals surface area (Å²) in [7, 11) is 1.30. The van der Waals surface area contributed by atoms with Crippen LogP contribution in [0.4, 0.5) is 24.5 Å². The summed E-state index contributed by atoms with van der Waals surface area (Å²) in [6.07, 6.45) is -4.18. The summed E-state index contributed by atoms with van der Waals surface area (Å²) in [6, 6.07) is 4.94. The largest absolute Gasteiger partial charge is 0.496 e. The number of aromatic nitrogens is 1. The van der Waals surface area contributed by atoms with Crippen LogP contribution in [0.1, 0.15) is 5.56 Å². The zero-order valence-electron chi connectivity index (χ0n) is 13.2. The molecule has 138 valence electrons. The molecule has 1 aromatic heterocycles. The highest BCUT2D eigenvalue weighted by Crippen LogP contribution is 2.29. The van der Waals surface area contributed by atoms with Gasteiger partial charge in [-0.05, 0) is 18.2 Å². The lowest BCUT2D eigenvalue weighted by atomic mass is 10.2. The number of alkyl halides is 3. The Bertz CT molecular complexity index is 908. The number of amides is 1. The predicted molar refractivity (Wildman–Crippen MR) is 84.0 cm³/mol. The van der Waals surface area contributed by atoms with E-state index in [0.29, 0.717) is 22.9 Å². The number of anilines is 1. The van der Waals surface area contributed by atoms with Gasteiger partial charge in [-0.1, -0.05) is 0 Å². The molecule has 2 aromatic rings. The van der Waals surface area contributed by atoms with E-state index in [2.05, 4.69) is 5.32 Å². The van der Waals surface area contributed by atoms with Crippen LogP contribution >= 0.6 is 0 Å². The van der Waals surface area contributed by atoms with Gasteiger partial charge in [-0.3, -0.25) is 19.7 Å². The van der Waals surface area contributed by atoms with E-state index in [0.717, 1.165) is 6.07 Å². The Morgan fingerprint density at radius 1 is 1.31 bits per heavy atom. The average molecular weight is 371 g/mol. The zero-order valence-corrected chi connectivity index (χ0v) is 13.2. The van der Waals surface area contributed by atoms with Crippen molar-refractivity contribution in [2.24, 2.45) is 0 Å². The molecule has 11 heteroatoms. The highest BCUT2D eigenvalue weighted by atomic mass is 19.4. The van der Waals surface area contributed by atoms with Crippen molar-refractivity contribution in [1.29, 1.82) is 0 Å². The fourth-order valence-electron chi connectivity index (χ4n) is 2.06. The van der Waals surface area contributed by atoms with Gasteiger partial charge in [-0.2, -0.15) is 13.2 Å². The van der Waals surface area contributed by atoms with Crippen LogP contribution in [0.25, 0.3) is 0 Å². The van der Waals surface area contributed by atoms with Gasteiger partial charge >= 0.3 is 6.18 Å². The Labute approximate surface area is 144 Å². The first-order valence-corrected chi connectivity index (χ1v) is 7.02. The lowest BCUT2D eigenvalue weighted by Gasteiger charge is -2.11. The molecule has 0 saturated carbocycles. The van der Waals surface area contributed by atoms with Crippen molar-refractivity contribution in [2.75, 3.05) is 12.4 Å². The second-order valence-corrected chi connectivity index (χ2v) is 5.07. The summed E-state index contributed by atoms with van der Waals surface area (Å²) >= 11 is 0. The summed E-state index contributed by atoms with van der Waals surface area (Å²) in [6.45, 7) is -0.744. The van der Waals surface area contributed by atoms with Crippen molar-refractivity contribution < 1.29 is 27.6 Å². The Morgan fingerprint density at radius 2 is 2.00 bits per heavy atom. The maximum atomic E-state index is 12.7. The van der Waals surface area contributed by atoms with E-state index in [4.69, 9.17) is 4.74 Å². The minimum atomic E-state index is -4.68. The molecule has 0 spiro atoms. The molecule has 0 aliphatic carbocycles. The van der Waals surface area contributed by atoms with E-state index in [9.17, 15) is 32.9 Å². The normalized spacial score (nSPS) is 11.1. The van der Waals surface area contributed by atoms with Crippen LogP contribution in [0, 0.1) is 10.1 Å². The number of hydrogen-bond donors (Lipinski definition) is 1. The molecule has 2 rings (SSSR count). The number of methoxy groups -OCH3 is 1. The van der Waals surface area contributed by atoms with E-state index in [1.807, 2.05) is 0 Å². The lowest BCUT2D eigenvalue weighted by Crippen LogP contribution is -2.28. The molecule has 0 atom stereocenters. The Kier molecular flexibility index (Phi) is 5.29. The van der Waals surface area contributed by atoms with Gasteiger partial charge in [0.25, 0.3) is 11.2 Å². The predicted octanol–water partition coefficient (Wildman–Crippen LogP) is 2.42. The van der Waals surface area contributed by atoms with Crippen molar-refractivity contribution in [2.45, 2.75) is 12.7 Å². The number of nitro groups is 1. The Balaban J connectivity index is 2.25. The molecule has 0 aliphatic rings. The fourth-order valence-corrected chi connectivity index (χ4v) is 2.06. The van der Waals surface area contributed by atoms with E-state index in [-0.39, 0.29) is 11.4 Å². The zero-order chi connectivity index (χ0) is 19.5. The van der Waals surface area contributed by atoms with Gasteiger partial charge < -0.3 is 14.6 Å². The van der Waals surface area contributed by atoms with E-state index < -0.39 is 40.4 Å². The molecular formula is C15H12F3N3O5. The van der Waals surface area contributed by atoms with Gasteiger partial charge in [-0.25, -0.2) is 0 Å². The fraction of sp³-hybridized carbons (Fsp3) is 0.200. The average Bonchev–Trinajstić information content (AvgIpc) is 2.56. The molecule has 0 radical (unpaired) electrons. The molecule has 26 heavy (non-hydrogen) atoms. The summed E-state index contributed by atoms with van der Waals surface area (Å²) in [4.78, 5) is 34.0. The smallest absolute Gasteiger partial charge is 0.417 e. The highest BCUT2D eigenvalue weighted by molar-refractivity contribution is 5.93. The summed E-state index contributed by atoms with van der Waals surface area (Å²) in [5.74, 6) is -0.719. The quantitative estimate of drug-likeness (QED) is 0.642. The molecule has 1 N–H and O–H groups in total. The number of benzene rings is 1. The molecule has 8 nitrogen and oxygen atoms in total. The first-order chi connectivity index (χ1) is 12.1. The number of carbonyl (C=O) groups excluding carboxylic acids is 1. The number of rotatable bonds is 5. The molecule has 0 fully saturated rings. The molecule has 1 amide bonds. The van der Waals surface area contributed by atoms with Crippen LogP contribution in [0.3, 0.4) is 0 Å². The molecule has 0 bridgehead atoms. The third kappa shape index (κ3) is 4.37. The number of hydrogen-bond acceptors (Lipinski definition) is 5. The van der Waals surface area contributed by atoms with Gasteiger partial charge in [-0.15, -0.1) is 0 Å². The third-order valence-corrected chi connectivity index (χ3v) is 3.30. The van der Waals surface area contributed by atoms with E-state index in [1.54, 1.807) is 0 Å². The number of pyridine rings is 1. The Morgan fingerprint density at radius 3 is 2.58 bits per heavy atom. The summed E-state index contributed by atoms with van der Waals surface area (Å²) < 4.78 is 43.5. The first-order valence-electron chi connectivity index (χ1n) is 7.02. The van der Waals surface area contributed by atoms with Crippen molar-refractivity contribution in [3.8, 4) is 5.75 Å². The van der Waals surface area contributed by atoms with E-state index >= 15 is 0 Å². The van der Waals surface area contributed by atoms with Gasteiger partial charge in [0.2, 0.25) is 5.91 Å². The molecule has 0 aliphatic heterocycles. The van der Waals surface area contributed by atoms with Gasteiger partial charge in [0.1, 0.15) is 18.0 Å². The number of carbonyl (C=O) groups is 1. The molecule has 0 unspecified atom stereocenters. The van der Waals surface area contributed by atoms with Crippen LogP contribution in [-0.4, -0.2) is 22.5 Å². The molecule has 1 heterocycles. The number of nitrogens with one attached hydrogen (secondary N) is 1. The third-order valence-electron chi connectivity index (χ3n) is 3.30. The van der Waals surface area contributed by atoms with Crippen molar-refractivity contribution >= 4 is 17.3 Å². The number of nitrogens with zero attached hydrogens (tertiary/aromatic N) is 2. The minimum absolute atomic E-state index is 0.180. The van der Waals surface area contributed by atoms with Crippen molar-refractivity contribution in [3.63, 3.8) is 0 Å². The summed E-state index contributed by atoms with van der Waals surface area (Å²) in [5, 5.41) is 13.3. The van der Waals surface area contributed by atoms with Crippen LogP contribution < -0.4 is 15.6 Å². The molecule has 0 saturated heterocycles. The van der Waals surface area contributed by atoms with Crippen LogP contribution in [-0.2, 0) is 17.5 Å². The second-order valence-electron chi connectivity index (χ2n) is 5.07. The maximum absolute atomic E-state index is 12.7. The SMILES string of the molecule is COc1ccc(NC(=O)Cn2cc(C(F)(F)F)ccc2=O)c([N+](=O)[O-])c1. The topological polar surface area (TPSA) is 103 Å². The van der Waals surface area contributed by atoms with E-state index in [1.165, 1.54) is 19.2 Å². The van der Waals surface area contributed by atoms with Gasteiger partial charge in [0.05, 0.1) is 23.7 Å². The van der Waals surface area contributed by atoms with Crippen molar-refractivity contribution in [3.05, 3.63) is 62.6 Å². The van der Waals surface area contributed by atoms with Crippen LogP contribution in [0.15, 0.2) is 41.3 Å². The van der Waals surface area contributed by atoms with Crippen molar-refractivity contribution in [1.82, 2.24) is 4.57 Å². The monoisotopic (exact) mass is 371 g/mol. The number of nitro benzene ring substituents is 1. The number of halogens is 3. The lowest BCUT2D eigenvalue weighted by molar-refractivity contribution is -0.384. The van der Waals surface area contributed by atoms with Gasteiger partial charge in [0.15, 0.2) is 0 Å². The minimum Gasteiger partial charge on any atom is -0.496 e. The van der Waals surface area contributed by atoms with Crippen LogP contribution in [0.5, 0.6) is 5.75 Å². The molecule has 1 aromatic carbocycles. The maximum Gasteiger partial charge on any atom is 0.417 e. The van der Waals surface area contributed by atoms with Gasteiger partial charge in [0, 0.05) is 12.3 Å². The first kappa shape index (κ1) is 19.0. The standard InChI is InChI=1S/C15H12F3N3O5/c1-26-10-3-4-11(12(6-10)21(24)25)19-13(22)8-20-7-9(15(16,17)18)2-5-14(20)23/h2-7H,8H2,1H3,(H,19,22).